The summed E-state index contributed by atoms with van der Waals surface area (Å²) in [5, 5.41) is 0. The highest BCUT2D eigenvalue weighted by Gasteiger charge is 2.30. The number of piperazine rings is 2. The maximum atomic E-state index is 13.1. The molecule has 2 aliphatic rings. The van der Waals surface area contributed by atoms with Gasteiger partial charge in [0.1, 0.15) is 0 Å². The van der Waals surface area contributed by atoms with E-state index >= 15 is 0 Å². The molecule has 2 saturated heterocycles. The molecule has 2 aromatic rings. The van der Waals surface area contributed by atoms with Crippen molar-refractivity contribution in [2.45, 2.75) is 26.4 Å². The summed E-state index contributed by atoms with van der Waals surface area (Å²) in [6, 6.07) is 18.3. The van der Waals surface area contributed by atoms with Crippen LogP contribution in [0.4, 0.5) is 5.69 Å². The molecule has 0 aliphatic carbocycles. The number of ketones is 1. The van der Waals surface area contributed by atoms with Gasteiger partial charge in [0.25, 0.3) is 0 Å². The zero-order valence-corrected chi connectivity index (χ0v) is 19.2. The largest absolute Gasteiger partial charge is 0.369 e. The molecule has 2 aromatic carbocycles. The SMILES string of the molecule is CC(=O)c1ccc(N2CCN(C(C)C(=O)N3CCN(Cc4ccccc4)CC3)CC2)cc1. The Labute approximate surface area is 191 Å². The van der Waals surface area contributed by atoms with E-state index in [1.54, 1.807) is 6.92 Å². The average molecular weight is 435 g/mol. The van der Waals surface area contributed by atoms with Gasteiger partial charge in [-0.1, -0.05) is 30.3 Å². The Kier molecular flexibility index (Phi) is 7.22. The Balaban J connectivity index is 1.24. The number of anilines is 1. The van der Waals surface area contributed by atoms with E-state index in [4.69, 9.17) is 0 Å². The van der Waals surface area contributed by atoms with Gasteiger partial charge in [-0.25, -0.2) is 0 Å². The van der Waals surface area contributed by atoms with Gasteiger partial charge in [0.2, 0.25) is 5.91 Å². The molecular formula is C26H34N4O2. The summed E-state index contributed by atoms with van der Waals surface area (Å²) in [5.74, 6) is 0.346. The Hall–Kier alpha value is -2.70. The van der Waals surface area contributed by atoms with E-state index in [2.05, 4.69) is 45.9 Å². The van der Waals surface area contributed by atoms with Crippen molar-refractivity contribution < 1.29 is 9.59 Å². The molecule has 4 rings (SSSR count). The quantitative estimate of drug-likeness (QED) is 0.655. The van der Waals surface area contributed by atoms with Gasteiger partial charge in [-0.15, -0.1) is 0 Å². The Morgan fingerprint density at radius 1 is 0.812 bits per heavy atom. The van der Waals surface area contributed by atoms with Gasteiger partial charge < -0.3 is 9.80 Å². The summed E-state index contributed by atoms with van der Waals surface area (Å²) >= 11 is 0. The summed E-state index contributed by atoms with van der Waals surface area (Å²) in [7, 11) is 0. The lowest BCUT2D eigenvalue weighted by Gasteiger charge is -2.41. The third-order valence-corrected chi connectivity index (χ3v) is 6.79. The lowest BCUT2D eigenvalue weighted by atomic mass is 10.1. The van der Waals surface area contributed by atoms with Crippen molar-refractivity contribution in [1.29, 1.82) is 0 Å². The second kappa shape index (κ2) is 10.3. The van der Waals surface area contributed by atoms with E-state index in [-0.39, 0.29) is 17.7 Å². The molecule has 1 amide bonds. The summed E-state index contributed by atoms with van der Waals surface area (Å²) < 4.78 is 0. The van der Waals surface area contributed by atoms with Crippen LogP contribution >= 0.6 is 0 Å². The van der Waals surface area contributed by atoms with Crippen LogP contribution in [0.5, 0.6) is 0 Å². The Bertz CT molecular complexity index is 899. The summed E-state index contributed by atoms with van der Waals surface area (Å²) in [6.07, 6.45) is 0. The number of rotatable bonds is 6. The van der Waals surface area contributed by atoms with Gasteiger partial charge >= 0.3 is 0 Å². The monoisotopic (exact) mass is 434 g/mol. The molecule has 0 aromatic heterocycles. The minimum Gasteiger partial charge on any atom is -0.369 e. The fourth-order valence-corrected chi connectivity index (χ4v) is 4.66. The van der Waals surface area contributed by atoms with Crippen LogP contribution < -0.4 is 4.90 Å². The average Bonchev–Trinajstić information content (AvgIpc) is 2.84. The number of amides is 1. The van der Waals surface area contributed by atoms with Crippen molar-refractivity contribution in [1.82, 2.24) is 14.7 Å². The minimum absolute atomic E-state index is 0.0853. The molecule has 0 N–H and O–H groups in total. The smallest absolute Gasteiger partial charge is 0.239 e. The molecule has 0 bridgehead atoms. The van der Waals surface area contributed by atoms with Crippen LogP contribution in [-0.4, -0.2) is 84.8 Å². The van der Waals surface area contributed by atoms with E-state index in [1.165, 1.54) is 5.56 Å². The molecule has 0 radical (unpaired) electrons. The molecule has 32 heavy (non-hydrogen) atoms. The standard InChI is InChI=1S/C26H34N4O2/c1-21(26(32)30-14-12-27(13-15-30)20-23-6-4-3-5-7-23)28-16-18-29(19-17-28)25-10-8-24(9-11-25)22(2)31/h3-11,21H,12-20H2,1-2H3. The normalized spacial score (nSPS) is 19.1. The second-order valence-electron chi connectivity index (χ2n) is 8.89. The van der Waals surface area contributed by atoms with Crippen molar-refractivity contribution in [2.75, 3.05) is 57.3 Å². The lowest BCUT2D eigenvalue weighted by molar-refractivity contribution is -0.138. The molecule has 2 fully saturated rings. The summed E-state index contributed by atoms with van der Waals surface area (Å²) in [5.41, 5.74) is 3.22. The maximum absolute atomic E-state index is 13.1. The maximum Gasteiger partial charge on any atom is 0.239 e. The van der Waals surface area contributed by atoms with Gasteiger partial charge in [-0.2, -0.15) is 0 Å². The molecule has 1 atom stereocenters. The van der Waals surface area contributed by atoms with Crippen LogP contribution in [0.25, 0.3) is 0 Å². The minimum atomic E-state index is -0.0853. The van der Waals surface area contributed by atoms with Gasteiger partial charge in [0, 0.05) is 70.2 Å². The van der Waals surface area contributed by atoms with Crippen LogP contribution in [-0.2, 0) is 11.3 Å². The molecule has 0 spiro atoms. The van der Waals surface area contributed by atoms with E-state index in [0.29, 0.717) is 0 Å². The number of carbonyl (C=O) groups is 2. The molecular weight excluding hydrogens is 400 g/mol. The molecule has 2 aliphatic heterocycles. The number of hydrogen-bond donors (Lipinski definition) is 0. The van der Waals surface area contributed by atoms with Gasteiger partial charge in [-0.3, -0.25) is 19.4 Å². The molecule has 170 valence electrons. The molecule has 6 heteroatoms. The number of carbonyl (C=O) groups excluding carboxylic acids is 2. The fourth-order valence-electron chi connectivity index (χ4n) is 4.66. The topological polar surface area (TPSA) is 47.1 Å². The van der Waals surface area contributed by atoms with Crippen LogP contribution in [0.1, 0.15) is 29.8 Å². The molecule has 0 saturated carbocycles. The van der Waals surface area contributed by atoms with Crippen LogP contribution in [0, 0.1) is 0 Å². The number of hydrogen-bond acceptors (Lipinski definition) is 5. The first-order chi connectivity index (χ1) is 15.5. The molecule has 6 nitrogen and oxygen atoms in total. The third kappa shape index (κ3) is 5.37. The van der Waals surface area contributed by atoms with Crippen molar-refractivity contribution in [3.63, 3.8) is 0 Å². The number of nitrogens with zero attached hydrogens (tertiary/aromatic N) is 4. The second-order valence-corrected chi connectivity index (χ2v) is 8.89. The van der Waals surface area contributed by atoms with Crippen LogP contribution in [0.15, 0.2) is 54.6 Å². The number of benzene rings is 2. The first-order valence-corrected chi connectivity index (χ1v) is 11.7. The highest BCUT2D eigenvalue weighted by atomic mass is 16.2. The first kappa shape index (κ1) is 22.5. The highest BCUT2D eigenvalue weighted by molar-refractivity contribution is 5.94. The van der Waals surface area contributed by atoms with E-state index in [1.807, 2.05) is 35.2 Å². The van der Waals surface area contributed by atoms with Gasteiger partial charge in [-0.05, 0) is 43.7 Å². The predicted molar refractivity (Wildman–Crippen MR) is 128 cm³/mol. The van der Waals surface area contributed by atoms with Crippen molar-refractivity contribution in [3.8, 4) is 0 Å². The lowest BCUT2D eigenvalue weighted by Crippen LogP contribution is -2.57. The summed E-state index contributed by atoms with van der Waals surface area (Å²) in [4.78, 5) is 33.7. The van der Waals surface area contributed by atoms with Crippen LogP contribution in [0.2, 0.25) is 0 Å². The summed E-state index contributed by atoms with van der Waals surface area (Å²) in [6.45, 7) is 11.6. The van der Waals surface area contributed by atoms with Gasteiger partial charge in [0.15, 0.2) is 5.78 Å². The highest BCUT2D eigenvalue weighted by Crippen LogP contribution is 2.19. The zero-order valence-electron chi connectivity index (χ0n) is 19.2. The van der Waals surface area contributed by atoms with Crippen LogP contribution in [0.3, 0.4) is 0 Å². The molecule has 2 heterocycles. The zero-order chi connectivity index (χ0) is 22.5. The van der Waals surface area contributed by atoms with E-state index in [0.717, 1.165) is 70.2 Å². The van der Waals surface area contributed by atoms with E-state index in [9.17, 15) is 9.59 Å². The Morgan fingerprint density at radius 2 is 1.44 bits per heavy atom. The third-order valence-electron chi connectivity index (χ3n) is 6.79. The van der Waals surface area contributed by atoms with Gasteiger partial charge in [0.05, 0.1) is 6.04 Å². The number of Topliss-reactive ketones (excluding diaryl/α,β-unsaturated/α-hetero) is 1. The predicted octanol–water partition coefficient (Wildman–Crippen LogP) is 2.74. The van der Waals surface area contributed by atoms with Crippen molar-refractivity contribution in [3.05, 3.63) is 65.7 Å². The van der Waals surface area contributed by atoms with E-state index < -0.39 is 0 Å². The fraction of sp³-hybridized carbons (Fsp3) is 0.462. The first-order valence-electron chi connectivity index (χ1n) is 11.7. The molecule has 1 unspecified atom stereocenters. The van der Waals surface area contributed by atoms with Crippen molar-refractivity contribution in [2.24, 2.45) is 0 Å². The van der Waals surface area contributed by atoms with Crippen molar-refractivity contribution >= 4 is 17.4 Å². The Morgan fingerprint density at radius 3 is 2.03 bits per heavy atom.